The van der Waals surface area contributed by atoms with Crippen molar-refractivity contribution in [2.75, 3.05) is 20.2 Å². The van der Waals surface area contributed by atoms with E-state index < -0.39 is 109 Å². The van der Waals surface area contributed by atoms with Gasteiger partial charge in [0.05, 0.1) is 26.5 Å². The average molecular weight is 708 g/mol. The van der Waals surface area contributed by atoms with Gasteiger partial charge in [0.2, 0.25) is 17.7 Å². The molecule has 0 aliphatic heterocycles. The molecule has 0 aliphatic carbocycles. The molecule has 4 unspecified atom stereocenters. The molecule has 0 rings (SSSR count). The third kappa shape index (κ3) is 17.1. The third-order valence-electron chi connectivity index (χ3n) is 6.86. The Kier molecular flexibility index (Phi) is 20.5. The van der Waals surface area contributed by atoms with Crippen molar-refractivity contribution in [1.82, 2.24) is 26.6 Å². The van der Waals surface area contributed by atoms with Crippen LogP contribution >= 0.6 is 0 Å². The van der Waals surface area contributed by atoms with Crippen LogP contribution in [0, 0.1) is 5.92 Å². The number of carboxylic acid groups (broad SMARTS) is 2. The molecule has 0 spiro atoms. The van der Waals surface area contributed by atoms with E-state index in [1.165, 1.54) is 13.8 Å². The topological polar surface area (TPSA) is 327 Å². The normalized spacial score (nSPS) is 15.5. The van der Waals surface area contributed by atoms with Crippen LogP contribution in [0.15, 0.2) is 0 Å². The summed E-state index contributed by atoms with van der Waals surface area (Å²) in [7, 11) is 1.01. The summed E-state index contributed by atoms with van der Waals surface area (Å²) in [6, 6.07) is -4.97. The highest BCUT2D eigenvalue weighted by molar-refractivity contribution is 5.96. The second-order valence-corrected chi connectivity index (χ2v) is 11.7. The molecule has 11 N–H and O–H groups in total. The first-order chi connectivity index (χ1) is 22.7. The lowest BCUT2D eigenvalue weighted by Crippen LogP contribution is -2.57. The van der Waals surface area contributed by atoms with Gasteiger partial charge >= 0.3 is 17.9 Å². The minimum Gasteiger partial charge on any atom is -0.481 e. The zero-order chi connectivity index (χ0) is 38.0. The highest BCUT2D eigenvalue weighted by atomic mass is 16.5. The first-order valence-electron chi connectivity index (χ1n) is 15.4. The summed E-state index contributed by atoms with van der Waals surface area (Å²) >= 11 is 0. The Morgan fingerprint density at radius 3 is 1.61 bits per heavy atom. The van der Waals surface area contributed by atoms with Crippen LogP contribution < -0.4 is 26.6 Å². The number of methoxy groups -OCH3 is 1. The smallest absolute Gasteiger partial charge is 0.328 e. The van der Waals surface area contributed by atoms with Crippen LogP contribution in [0.3, 0.4) is 0 Å². The van der Waals surface area contributed by atoms with Crippen LogP contribution in [0.5, 0.6) is 0 Å². The van der Waals surface area contributed by atoms with Crippen molar-refractivity contribution < 1.29 is 73.7 Å². The number of aliphatic carboxylic acids is 2. The van der Waals surface area contributed by atoms with Crippen molar-refractivity contribution in [1.29, 1.82) is 0 Å². The fourth-order valence-electron chi connectivity index (χ4n) is 4.07. The highest BCUT2D eigenvalue weighted by Crippen LogP contribution is 2.11. The molecule has 0 radical (unpaired) electrons. The van der Waals surface area contributed by atoms with Gasteiger partial charge in [0.1, 0.15) is 36.4 Å². The van der Waals surface area contributed by atoms with Gasteiger partial charge in [-0.1, -0.05) is 27.7 Å². The van der Waals surface area contributed by atoms with E-state index in [2.05, 4.69) is 31.3 Å². The molecule has 20 nitrogen and oxygen atoms in total. The highest BCUT2D eigenvalue weighted by Gasteiger charge is 2.38. The number of carbonyl (C=O) groups is 8. The lowest BCUT2D eigenvalue weighted by Gasteiger charge is -2.26. The number of aliphatic hydroxyl groups excluding tert-OH is 4. The van der Waals surface area contributed by atoms with E-state index in [1.807, 2.05) is 0 Å². The molecule has 0 aromatic heterocycles. The Balaban J connectivity index is 5.35. The van der Waals surface area contributed by atoms with Gasteiger partial charge in [-0.05, 0) is 19.3 Å². The van der Waals surface area contributed by atoms with Gasteiger partial charge in [-0.25, -0.2) is 4.79 Å². The molecule has 0 saturated heterocycles. The lowest BCUT2D eigenvalue weighted by atomic mass is 9.94. The number of esters is 1. The second-order valence-electron chi connectivity index (χ2n) is 11.7. The van der Waals surface area contributed by atoms with Gasteiger partial charge in [-0.15, -0.1) is 0 Å². The van der Waals surface area contributed by atoms with Crippen molar-refractivity contribution >= 4 is 47.3 Å². The zero-order valence-electron chi connectivity index (χ0n) is 28.0. The number of ketones is 1. The van der Waals surface area contributed by atoms with E-state index in [0.717, 1.165) is 7.11 Å². The fourth-order valence-corrected chi connectivity index (χ4v) is 4.07. The molecular weight excluding hydrogens is 658 g/mol. The monoisotopic (exact) mass is 707 g/mol. The molecule has 0 heterocycles. The lowest BCUT2D eigenvalue weighted by molar-refractivity contribution is -0.155. The van der Waals surface area contributed by atoms with Gasteiger partial charge in [-0.3, -0.25) is 33.6 Å². The molecule has 0 aliphatic rings. The third-order valence-corrected chi connectivity index (χ3v) is 6.86. The van der Waals surface area contributed by atoms with Crippen molar-refractivity contribution in [2.24, 2.45) is 5.92 Å². The maximum atomic E-state index is 13.0. The zero-order valence-corrected chi connectivity index (χ0v) is 28.0. The largest absolute Gasteiger partial charge is 0.481 e. The predicted molar refractivity (Wildman–Crippen MR) is 166 cm³/mol. The first-order valence-corrected chi connectivity index (χ1v) is 15.4. The quantitative estimate of drug-likeness (QED) is 0.0333. The van der Waals surface area contributed by atoms with Crippen molar-refractivity contribution in [3.05, 3.63) is 0 Å². The maximum Gasteiger partial charge on any atom is 0.328 e. The molecule has 49 heavy (non-hydrogen) atoms. The standard InChI is InChI=1S/C29H49N5O15/c1-13(2)21(40)22(41)23(42)24(43)25(44)28(47)30-9-7-6-8-15(29(48)49-5)33-27(46)17(11-20(38)39)34-26(45)16(10-19(36)37)32-18(35)12-31-14(3)4/h13-17,22-25,31,41-44H,6-12H2,1-5H3,(H,30,47)(H,32,35)(H,33,46)(H,34,45)(H,36,37)(H,38,39)/t15-,16-,17-,22?,23?,24?,25?/m0/s1. The molecular formula is C29H49N5O15. The number of amides is 4. The van der Waals surface area contributed by atoms with E-state index in [-0.39, 0.29) is 38.4 Å². The number of rotatable bonds is 24. The number of aliphatic hydroxyl groups is 4. The number of Topliss-reactive ketones (excluding diaryl/α,β-unsaturated/α-hetero) is 1. The molecule has 0 bridgehead atoms. The molecule has 280 valence electrons. The van der Waals surface area contributed by atoms with Crippen molar-refractivity contribution in [3.63, 3.8) is 0 Å². The molecule has 20 heteroatoms. The Bertz CT molecular complexity index is 1160. The maximum absolute atomic E-state index is 13.0. The van der Waals surface area contributed by atoms with E-state index in [0.29, 0.717) is 0 Å². The summed E-state index contributed by atoms with van der Waals surface area (Å²) in [5.74, 6) is -9.67. The fraction of sp³-hybridized carbons (Fsp3) is 0.724. The molecule has 4 amide bonds. The molecule has 7 atom stereocenters. The van der Waals surface area contributed by atoms with Crippen LogP contribution in [-0.4, -0.2) is 147 Å². The summed E-state index contributed by atoms with van der Waals surface area (Å²) in [6.45, 7) is 5.95. The minimum absolute atomic E-state index is 0.107. The number of unbranched alkanes of at least 4 members (excludes halogenated alkanes) is 1. The summed E-state index contributed by atoms with van der Waals surface area (Å²) in [5.41, 5.74) is 0. The summed E-state index contributed by atoms with van der Waals surface area (Å²) in [5, 5.41) is 70.0. The van der Waals surface area contributed by atoms with Gasteiger partial charge in [0.25, 0.3) is 5.91 Å². The van der Waals surface area contributed by atoms with Gasteiger partial charge in [0.15, 0.2) is 11.9 Å². The molecule has 0 aromatic rings. The van der Waals surface area contributed by atoms with E-state index in [9.17, 15) is 69.0 Å². The van der Waals surface area contributed by atoms with E-state index in [4.69, 9.17) is 0 Å². The van der Waals surface area contributed by atoms with Gasteiger partial charge in [-0.2, -0.15) is 0 Å². The number of hydrogen-bond acceptors (Lipinski definition) is 14. The molecule has 0 fully saturated rings. The van der Waals surface area contributed by atoms with E-state index in [1.54, 1.807) is 13.8 Å². The summed E-state index contributed by atoms with van der Waals surface area (Å²) < 4.78 is 4.67. The van der Waals surface area contributed by atoms with Crippen LogP contribution in [-0.2, 0) is 43.1 Å². The van der Waals surface area contributed by atoms with Crippen LogP contribution in [0.1, 0.15) is 59.8 Å². The number of ether oxygens (including phenoxy) is 1. The Labute approximate surface area is 282 Å². The average Bonchev–Trinajstić information content (AvgIpc) is 3.02. The van der Waals surface area contributed by atoms with Gasteiger partial charge in [0, 0.05) is 18.5 Å². The second kappa shape index (κ2) is 22.4. The van der Waals surface area contributed by atoms with E-state index >= 15 is 0 Å². The Hall–Kier alpha value is -4.24. The number of nitrogens with one attached hydrogen (secondary N) is 5. The summed E-state index contributed by atoms with van der Waals surface area (Å²) in [6.07, 6.45) is -10.4. The Morgan fingerprint density at radius 2 is 1.14 bits per heavy atom. The van der Waals surface area contributed by atoms with Crippen LogP contribution in [0.25, 0.3) is 0 Å². The van der Waals surface area contributed by atoms with Crippen LogP contribution in [0.4, 0.5) is 0 Å². The number of hydrogen-bond donors (Lipinski definition) is 11. The van der Waals surface area contributed by atoms with Gasteiger partial charge < -0.3 is 62.0 Å². The molecule has 0 saturated carbocycles. The van der Waals surface area contributed by atoms with Crippen molar-refractivity contribution in [2.45, 2.75) is 108 Å². The first kappa shape index (κ1) is 44.8. The predicted octanol–water partition coefficient (Wildman–Crippen LogP) is -4.48. The SMILES string of the molecule is COC(=O)[C@H](CCCCNC(=O)C(O)C(O)C(O)C(O)C(=O)C(C)C)NC(=O)[C@H](CC(=O)O)NC(=O)[C@H](CC(=O)O)NC(=O)CNC(C)C. The Morgan fingerprint density at radius 1 is 0.653 bits per heavy atom. The van der Waals surface area contributed by atoms with Crippen molar-refractivity contribution in [3.8, 4) is 0 Å². The minimum atomic E-state index is -2.21. The number of carbonyl (C=O) groups excluding carboxylic acids is 6. The molecule has 0 aromatic carbocycles. The van der Waals surface area contributed by atoms with Crippen LogP contribution in [0.2, 0.25) is 0 Å². The summed E-state index contributed by atoms with van der Waals surface area (Å²) in [4.78, 5) is 97.2. The number of carboxylic acids is 2.